The van der Waals surface area contributed by atoms with Crippen molar-refractivity contribution in [3.63, 3.8) is 0 Å². The van der Waals surface area contributed by atoms with Gasteiger partial charge in [-0.25, -0.2) is 0 Å². The first kappa shape index (κ1) is 22.2. The average Bonchev–Trinajstić information content (AvgIpc) is 2.64. The molecule has 0 radical (unpaired) electrons. The third-order valence-electron chi connectivity index (χ3n) is 6.67. The lowest BCUT2D eigenvalue weighted by atomic mass is 9.86. The van der Waals surface area contributed by atoms with Gasteiger partial charge in [0.15, 0.2) is 0 Å². The van der Waals surface area contributed by atoms with E-state index >= 15 is 0 Å². The lowest BCUT2D eigenvalue weighted by molar-refractivity contribution is 0.415. The van der Waals surface area contributed by atoms with E-state index in [1.54, 1.807) is 0 Å². The van der Waals surface area contributed by atoms with E-state index in [0.29, 0.717) is 5.92 Å². The van der Waals surface area contributed by atoms with Crippen LogP contribution in [0.4, 0.5) is 0 Å². The molecule has 27 heavy (non-hydrogen) atoms. The molecule has 2 rings (SSSR count). The topological polar surface area (TPSA) is 12.4 Å². The minimum Gasteiger partial charge on any atom is -0.288 e. The van der Waals surface area contributed by atoms with Crippen LogP contribution in [0, 0.1) is 11.8 Å². The van der Waals surface area contributed by atoms with E-state index in [4.69, 9.17) is 0 Å². The lowest BCUT2D eigenvalue weighted by Gasteiger charge is -2.20. The first-order valence-corrected chi connectivity index (χ1v) is 11.6. The molecule has 2 saturated carbocycles. The highest BCUT2D eigenvalue weighted by Gasteiger charge is 2.21. The molecule has 1 nitrogen and oxygen atoms in total. The molecule has 0 aromatic carbocycles. The SMILES string of the molecule is C=C1CCC2CCCCCCCCCCCC(C1)CC(=C)/C(=N\C)C(=C)C2. The Hall–Kier alpha value is -1.11. The largest absolute Gasteiger partial charge is 0.288 e. The Balaban J connectivity index is 2.17. The van der Waals surface area contributed by atoms with Crippen molar-refractivity contribution in [2.75, 3.05) is 7.05 Å². The van der Waals surface area contributed by atoms with Gasteiger partial charge in [-0.15, -0.1) is 0 Å². The third-order valence-corrected chi connectivity index (χ3v) is 6.67. The zero-order valence-corrected chi connectivity index (χ0v) is 18.0. The standard InChI is InChI=1S/C26H43N/c1-21-16-17-24-14-12-10-8-6-5-7-9-11-13-15-25(18-21)20-23(3)26(27-4)22(2)19-24/h24-25H,1-3,5-20H2,4H3/b27-26-. The predicted octanol–water partition coefficient (Wildman–Crippen LogP) is 8.23. The summed E-state index contributed by atoms with van der Waals surface area (Å²) in [6.45, 7) is 13.3. The van der Waals surface area contributed by atoms with Gasteiger partial charge in [0.05, 0.1) is 5.71 Å². The molecule has 2 atom stereocenters. The zero-order valence-electron chi connectivity index (χ0n) is 18.0. The zero-order chi connectivity index (χ0) is 19.5. The Morgan fingerprint density at radius 1 is 0.630 bits per heavy atom. The van der Waals surface area contributed by atoms with Crippen molar-refractivity contribution in [3.05, 3.63) is 36.5 Å². The Bertz CT molecular complexity index is 524. The van der Waals surface area contributed by atoms with E-state index in [9.17, 15) is 0 Å². The molecule has 0 N–H and O–H groups in total. The normalized spacial score (nSPS) is 29.8. The van der Waals surface area contributed by atoms with Gasteiger partial charge >= 0.3 is 0 Å². The van der Waals surface area contributed by atoms with Gasteiger partial charge in [0, 0.05) is 7.05 Å². The Labute approximate surface area is 169 Å². The molecule has 1 heteroatoms. The molecule has 2 aliphatic carbocycles. The van der Waals surface area contributed by atoms with Crippen molar-refractivity contribution in [2.24, 2.45) is 16.8 Å². The van der Waals surface area contributed by atoms with Crippen LogP contribution in [0.3, 0.4) is 0 Å². The van der Waals surface area contributed by atoms with Gasteiger partial charge in [-0.3, -0.25) is 4.99 Å². The first-order chi connectivity index (χ1) is 13.1. The van der Waals surface area contributed by atoms with Crippen molar-refractivity contribution in [3.8, 4) is 0 Å². The molecular weight excluding hydrogens is 326 g/mol. The van der Waals surface area contributed by atoms with Gasteiger partial charge in [-0.05, 0) is 61.5 Å². The highest BCUT2D eigenvalue weighted by Crippen LogP contribution is 2.33. The Kier molecular flexibility index (Phi) is 10.2. The predicted molar refractivity (Wildman–Crippen MR) is 122 cm³/mol. The second-order valence-electron chi connectivity index (χ2n) is 9.17. The second-order valence-corrected chi connectivity index (χ2v) is 9.17. The van der Waals surface area contributed by atoms with Crippen LogP contribution in [0.1, 0.15) is 103 Å². The van der Waals surface area contributed by atoms with Gasteiger partial charge in [0.1, 0.15) is 0 Å². The number of aliphatic imine (C=N–C) groups is 1. The molecule has 152 valence electrons. The highest BCUT2D eigenvalue weighted by atomic mass is 14.7. The summed E-state index contributed by atoms with van der Waals surface area (Å²) >= 11 is 0. The Morgan fingerprint density at radius 3 is 1.67 bits per heavy atom. The van der Waals surface area contributed by atoms with Gasteiger partial charge in [-0.1, -0.05) is 89.5 Å². The van der Waals surface area contributed by atoms with E-state index in [2.05, 4.69) is 24.7 Å². The fraction of sp³-hybridized carbons (Fsp3) is 0.731. The van der Waals surface area contributed by atoms with E-state index in [0.717, 1.165) is 24.5 Å². The molecule has 0 heterocycles. The molecule has 0 aromatic rings. The fourth-order valence-electron chi connectivity index (χ4n) is 5.10. The molecule has 0 amide bonds. The van der Waals surface area contributed by atoms with Crippen molar-refractivity contribution in [1.29, 1.82) is 0 Å². The van der Waals surface area contributed by atoms with Gasteiger partial charge in [-0.2, -0.15) is 0 Å². The average molecular weight is 370 g/mol. The molecule has 0 saturated heterocycles. The summed E-state index contributed by atoms with van der Waals surface area (Å²) in [6, 6.07) is 0. The molecule has 0 aromatic heterocycles. The summed E-state index contributed by atoms with van der Waals surface area (Å²) in [7, 11) is 1.92. The number of hydrogen-bond donors (Lipinski definition) is 0. The summed E-state index contributed by atoms with van der Waals surface area (Å²) in [4.78, 5) is 4.61. The Morgan fingerprint density at radius 2 is 1.11 bits per heavy atom. The van der Waals surface area contributed by atoms with Crippen LogP contribution in [0.15, 0.2) is 41.4 Å². The van der Waals surface area contributed by atoms with Gasteiger partial charge in [0.2, 0.25) is 0 Å². The van der Waals surface area contributed by atoms with Crippen LogP contribution in [0.25, 0.3) is 0 Å². The minimum absolute atomic E-state index is 0.682. The fourth-order valence-corrected chi connectivity index (χ4v) is 5.10. The van der Waals surface area contributed by atoms with Crippen molar-refractivity contribution in [2.45, 2.75) is 103 Å². The number of rotatable bonds is 0. The summed E-state index contributed by atoms with van der Waals surface area (Å²) < 4.78 is 0. The maximum atomic E-state index is 4.61. The number of fused-ring (bicyclic) bond motifs is 5. The summed E-state index contributed by atoms with van der Waals surface area (Å²) in [5.74, 6) is 1.41. The van der Waals surface area contributed by atoms with Crippen LogP contribution in [-0.4, -0.2) is 12.8 Å². The smallest absolute Gasteiger partial charge is 0.0623 e. The lowest BCUT2D eigenvalue weighted by Crippen LogP contribution is -2.12. The maximum absolute atomic E-state index is 4.61. The van der Waals surface area contributed by atoms with E-state index in [1.807, 2.05) is 7.05 Å². The summed E-state index contributed by atoms with van der Waals surface area (Å²) in [5, 5.41) is 0. The van der Waals surface area contributed by atoms with E-state index in [1.165, 1.54) is 107 Å². The van der Waals surface area contributed by atoms with E-state index in [-0.39, 0.29) is 0 Å². The maximum Gasteiger partial charge on any atom is 0.0623 e. The number of hydrogen-bond acceptors (Lipinski definition) is 1. The second kappa shape index (κ2) is 12.4. The summed E-state index contributed by atoms with van der Waals surface area (Å²) in [5.41, 5.74) is 5.00. The van der Waals surface area contributed by atoms with Crippen LogP contribution < -0.4 is 0 Å². The highest BCUT2D eigenvalue weighted by molar-refractivity contribution is 6.11. The molecule has 2 fully saturated rings. The van der Waals surface area contributed by atoms with Crippen molar-refractivity contribution in [1.82, 2.24) is 0 Å². The molecule has 2 aliphatic rings. The van der Waals surface area contributed by atoms with Gasteiger partial charge < -0.3 is 0 Å². The minimum atomic E-state index is 0.682. The van der Waals surface area contributed by atoms with Crippen molar-refractivity contribution >= 4 is 5.71 Å². The molecular formula is C26H43N. The molecule has 0 aliphatic heterocycles. The van der Waals surface area contributed by atoms with Crippen LogP contribution >= 0.6 is 0 Å². The summed E-state index contributed by atoms with van der Waals surface area (Å²) in [6.07, 6.45) is 21.1. The van der Waals surface area contributed by atoms with Crippen LogP contribution in [0.2, 0.25) is 0 Å². The molecule has 2 bridgehead atoms. The van der Waals surface area contributed by atoms with Crippen LogP contribution in [-0.2, 0) is 0 Å². The first-order valence-electron chi connectivity index (χ1n) is 11.6. The third kappa shape index (κ3) is 8.20. The molecule has 2 unspecified atom stereocenters. The quantitative estimate of drug-likeness (QED) is 0.381. The van der Waals surface area contributed by atoms with E-state index < -0.39 is 0 Å². The monoisotopic (exact) mass is 369 g/mol. The number of nitrogens with zero attached hydrogens (tertiary/aromatic N) is 1. The molecule has 0 spiro atoms. The van der Waals surface area contributed by atoms with Gasteiger partial charge in [0.25, 0.3) is 0 Å². The van der Waals surface area contributed by atoms with Crippen molar-refractivity contribution < 1.29 is 0 Å². The van der Waals surface area contributed by atoms with Crippen LogP contribution in [0.5, 0.6) is 0 Å². The number of allylic oxidation sites excluding steroid dienone is 3.